The molecule has 0 aliphatic heterocycles. The summed E-state index contributed by atoms with van der Waals surface area (Å²) in [4.78, 5) is 14.3. The first-order chi connectivity index (χ1) is 6.60. The van der Waals surface area contributed by atoms with Crippen molar-refractivity contribution < 1.29 is 9.90 Å². The molecule has 72 valence electrons. The Morgan fingerprint density at radius 3 is 2.79 bits per heavy atom. The predicted molar refractivity (Wildman–Crippen MR) is 47.8 cm³/mol. The summed E-state index contributed by atoms with van der Waals surface area (Å²) in [5, 5.41) is 19.1. The standard InChI is InChI=1S/C8H4Cl2N2O2/c9-2-6-5(8(13)14)1-4(3-11)7(10)12-6/h1H,2H2,(H,13,14)/p-1. The van der Waals surface area contributed by atoms with Gasteiger partial charge in [0.15, 0.2) is 0 Å². The summed E-state index contributed by atoms with van der Waals surface area (Å²) in [6.07, 6.45) is 0. The van der Waals surface area contributed by atoms with Gasteiger partial charge in [-0.25, -0.2) is 4.98 Å². The number of nitrogens with zero attached hydrogens (tertiary/aromatic N) is 2. The summed E-state index contributed by atoms with van der Waals surface area (Å²) in [7, 11) is 0. The first-order valence-electron chi connectivity index (χ1n) is 3.47. The van der Waals surface area contributed by atoms with E-state index in [2.05, 4.69) is 4.98 Å². The molecule has 0 N–H and O–H groups in total. The summed E-state index contributed by atoms with van der Waals surface area (Å²) in [5.41, 5.74) is -0.128. The van der Waals surface area contributed by atoms with Crippen LogP contribution in [0.5, 0.6) is 0 Å². The van der Waals surface area contributed by atoms with Gasteiger partial charge in [0, 0.05) is 5.56 Å². The topological polar surface area (TPSA) is 76.8 Å². The third-order valence-corrected chi connectivity index (χ3v) is 2.06. The maximum absolute atomic E-state index is 10.6. The second-order valence-electron chi connectivity index (χ2n) is 2.35. The SMILES string of the molecule is N#Cc1cc(C(=O)[O-])c(CCl)nc1Cl. The minimum absolute atomic E-state index is 0.0141. The zero-order valence-electron chi connectivity index (χ0n) is 6.75. The molecule has 1 aromatic heterocycles. The molecule has 0 aromatic carbocycles. The van der Waals surface area contributed by atoms with E-state index in [1.165, 1.54) is 0 Å². The summed E-state index contributed by atoms with van der Waals surface area (Å²) >= 11 is 11.0. The van der Waals surface area contributed by atoms with E-state index in [9.17, 15) is 9.90 Å². The molecule has 1 heterocycles. The van der Waals surface area contributed by atoms with Gasteiger partial charge >= 0.3 is 0 Å². The zero-order valence-corrected chi connectivity index (χ0v) is 8.26. The summed E-state index contributed by atoms with van der Waals surface area (Å²) in [6.45, 7) is 0. The van der Waals surface area contributed by atoms with Crippen molar-refractivity contribution in [3.8, 4) is 6.07 Å². The Morgan fingerprint density at radius 1 is 1.71 bits per heavy atom. The number of hydrogen-bond acceptors (Lipinski definition) is 4. The van der Waals surface area contributed by atoms with Gasteiger partial charge in [0.1, 0.15) is 11.2 Å². The van der Waals surface area contributed by atoms with Crippen LogP contribution in [0.3, 0.4) is 0 Å². The molecule has 0 atom stereocenters. The molecule has 0 spiro atoms. The number of carboxylic acids is 1. The van der Waals surface area contributed by atoms with Gasteiger partial charge in [-0.05, 0) is 6.07 Å². The highest BCUT2D eigenvalue weighted by atomic mass is 35.5. The van der Waals surface area contributed by atoms with Gasteiger partial charge in [0.2, 0.25) is 0 Å². The van der Waals surface area contributed by atoms with Crippen molar-refractivity contribution in [2.75, 3.05) is 0 Å². The highest BCUT2D eigenvalue weighted by Crippen LogP contribution is 2.18. The van der Waals surface area contributed by atoms with Gasteiger partial charge < -0.3 is 9.90 Å². The van der Waals surface area contributed by atoms with Crippen LogP contribution in [0.25, 0.3) is 0 Å². The predicted octanol–water partition coefficient (Wildman–Crippen LogP) is 0.709. The average Bonchev–Trinajstić information content (AvgIpc) is 2.16. The summed E-state index contributed by atoms with van der Waals surface area (Å²) < 4.78 is 0. The molecular formula is C8H3Cl2N2O2-. The number of aromatic carboxylic acids is 1. The van der Waals surface area contributed by atoms with E-state index >= 15 is 0 Å². The molecule has 0 unspecified atom stereocenters. The molecule has 1 rings (SSSR count). The van der Waals surface area contributed by atoms with Gasteiger partial charge in [-0.2, -0.15) is 5.26 Å². The maximum Gasteiger partial charge on any atom is 0.147 e. The van der Waals surface area contributed by atoms with Crippen LogP contribution >= 0.6 is 23.2 Å². The van der Waals surface area contributed by atoms with E-state index in [0.29, 0.717) is 0 Å². The highest BCUT2D eigenvalue weighted by molar-refractivity contribution is 6.30. The van der Waals surface area contributed by atoms with Crippen LogP contribution in [0, 0.1) is 11.3 Å². The van der Waals surface area contributed by atoms with Crippen molar-refractivity contribution in [1.82, 2.24) is 4.98 Å². The highest BCUT2D eigenvalue weighted by Gasteiger charge is 2.10. The minimum Gasteiger partial charge on any atom is -0.545 e. The molecule has 6 heteroatoms. The third-order valence-electron chi connectivity index (χ3n) is 1.52. The number of hydrogen-bond donors (Lipinski definition) is 0. The van der Waals surface area contributed by atoms with E-state index < -0.39 is 5.97 Å². The lowest BCUT2D eigenvalue weighted by Gasteiger charge is -2.08. The Bertz CT molecular complexity index is 426. The van der Waals surface area contributed by atoms with Gasteiger partial charge in [0.25, 0.3) is 0 Å². The number of carbonyl (C=O) groups is 1. The molecule has 0 aliphatic carbocycles. The molecule has 0 saturated heterocycles. The minimum atomic E-state index is -1.43. The van der Waals surface area contributed by atoms with E-state index in [1.54, 1.807) is 6.07 Å². The van der Waals surface area contributed by atoms with Gasteiger partial charge in [0.05, 0.1) is 23.1 Å². The Kier molecular flexibility index (Phi) is 3.28. The molecule has 1 aromatic rings. The van der Waals surface area contributed by atoms with Crippen molar-refractivity contribution in [3.05, 3.63) is 28.0 Å². The molecule has 0 saturated carbocycles. The number of rotatable bonds is 2. The number of aromatic nitrogens is 1. The molecule has 4 nitrogen and oxygen atoms in total. The van der Waals surface area contributed by atoms with Crippen LogP contribution in [-0.2, 0) is 5.88 Å². The summed E-state index contributed by atoms with van der Waals surface area (Å²) in [5.74, 6) is -1.53. The van der Waals surface area contributed by atoms with Crippen LogP contribution in [-0.4, -0.2) is 11.0 Å². The van der Waals surface area contributed by atoms with Crippen molar-refractivity contribution in [2.45, 2.75) is 5.88 Å². The van der Waals surface area contributed by atoms with Gasteiger partial charge in [-0.1, -0.05) is 11.6 Å². The quantitative estimate of drug-likeness (QED) is 0.553. The molecule has 14 heavy (non-hydrogen) atoms. The van der Waals surface area contributed by atoms with Crippen molar-refractivity contribution >= 4 is 29.2 Å². The van der Waals surface area contributed by atoms with E-state index in [-0.39, 0.29) is 27.9 Å². The number of pyridine rings is 1. The fraction of sp³-hybridized carbons (Fsp3) is 0.125. The third kappa shape index (κ3) is 1.95. The van der Waals surface area contributed by atoms with Crippen LogP contribution in [0.2, 0.25) is 5.15 Å². The molecule has 0 radical (unpaired) electrons. The zero-order chi connectivity index (χ0) is 10.7. The Morgan fingerprint density at radius 2 is 2.36 bits per heavy atom. The lowest BCUT2D eigenvalue weighted by atomic mass is 10.1. The number of halogens is 2. The van der Waals surface area contributed by atoms with Crippen molar-refractivity contribution in [3.63, 3.8) is 0 Å². The van der Waals surface area contributed by atoms with Crippen LogP contribution < -0.4 is 5.11 Å². The van der Waals surface area contributed by atoms with Gasteiger partial charge in [-0.15, -0.1) is 11.6 Å². The summed E-state index contributed by atoms with van der Waals surface area (Å²) in [6, 6.07) is 2.81. The average molecular weight is 230 g/mol. The molecular weight excluding hydrogens is 227 g/mol. The molecule has 0 bridgehead atoms. The van der Waals surface area contributed by atoms with Crippen molar-refractivity contribution in [2.24, 2.45) is 0 Å². The van der Waals surface area contributed by atoms with E-state index in [1.807, 2.05) is 0 Å². The fourth-order valence-corrected chi connectivity index (χ4v) is 1.29. The smallest absolute Gasteiger partial charge is 0.147 e. The Labute approximate surface area is 89.7 Å². The second-order valence-corrected chi connectivity index (χ2v) is 2.98. The number of nitriles is 1. The number of carbonyl (C=O) groups excluding carboxylic acids is 1. The maximum atomic E-state index is 10.6. The van der Waals surface area contributed by atoms with Crippen LogP contribution in [0.1, 0.15) is 21.6 Å². The normalized spacial score (nSPS) is 9.50. The lowest BCUT2D eigenvalue weighted by Crippen LogP contribution is -2.24. The monoisotopic (exact) mass is 229 g/mol. The molecule has 0 aliphatic rings. The number of carboxylic acid groups (broad SMARTS) is 1. The van der Waals surface area contributed by atoms with Crippen molar-refractivity contribution in [1.29, 1.82) is 5.26 Å². The first kappa shape index (κ1) is 10.8. The number of alkyl halides is 1. The second kappa shape index (κ2) is 4.27. The molecule has 0 fully saturated rings. The van der Waals surface area contributed by atoms with E-state index in [4.69, 9.17) is 28.5 Å². The Hall–Kier alpha value is -1.31. The van der Waals surface area contributed by atoms with Crippen LogP contribution in [0.15, 0.2) is 6.07 Å². The largest absolute Gasteiger partial charge is 0.545 e. The van der Waals surface area contributed by atoms with Gasteiger partial charge in [-0.3, -0.25) is 0 Å². The fourth-order valence-electron chi connectivity index (χ4n) is 0.883. The molecule has 0 amide bonds. The lowest BCUT2D eigenvalue weighted by molar-refractivity contribution is -0.255. The first-order valence-corrected chi connectivity index (χ1v) is 4.38. The Balaban J connectivity index is 3.42. The van der Waals surface area contributed by atoms with E-state index in [0.717, 1.165) is 6.07 Å². The van der Waals surface area contributed by atoms with Crippen LogP contribution in [0.4, 0.5) is 0 Å².